The van der Waals surface area contributed by atoms with Crippen LogP contribution in [-0.4, -0.2) is 37.2 Å². The van der Waals surface area contributed by atoms with E-state index in [1.165, 1.54) is 89.9 Å². The van der Waals surface area contributed by atoms with Gasteiger partial charge in [-0.2, -0.15) is 0 Å². The largest absolute Gasteiger partial charge is 0.462 e. The molecule has 6 heteroatoms. The lowest BCUT2D eigenvalue weighted by Crippen LogP contribution is -2.30. The predicted octanol–water partition coefficient (Wildman–Crippen LogP) is 20.2. The molecule has 0 heterocycles. The van der Waals surface area contributed by atoms with E-state index in [9.17, 15) is 14.4 Å². The topological polar surface area (TPSA) is 78.9 Å². The molecular weight excluding hydrogens is 901 g/mol. The molecule has 0 aliphatic heterocycles. The zero-order valence-electron chi connectivity index (χ0n) is 47.1. The van der Waals surface area contributed by atoms with Gasteiger partial charge in [0.2, 0.25) is 0 Å². The van der Waals surface area contributed by atoms with Gasteiger partial charge in [-0.15, -0.1) is 0 Å². The van der Waals surface area contributed by atoms with Crippen LogP contribution < -0.4 is 0 Å². The van der Waals surface area contributed by atoms with Crippen LogP contribution in [0.3, 0.4) is 0 Å². The fourth-order valence-electron chi connectivity index (χ4n) is 7.68. The van der Waals surface area contributed by atoms with Crippen molar-refractivity contribution in [1.29, 1.82) is 0 Å². The zero-order chi connectivity index (χ0) is 52.9. The van der Waals surface area contributed by atoms with Crippen LogP contribution in [0, 0.1) is 0 Å². The predicted molar refractivity (Wildman–Crippen MR) is 316 cm³/mol. The van der Waals surface area contributed by atoms with Crippen molar-refractivity contribution in [2.45, 2.75) is 258 Å². The highest BCUT2D eigenvalue weighted by molar-refractivity contribution is 5.71. The summed E-state index contributed by atoms with van der Waals surface area (Å²) in [5.74, 6) is -1.02. The summed E-state index contributed by atoms with van der Waals surface area (Å²) in [6.45, 7) is 6.39. The summed E-state index contributed by atoms with van der Waals surface area (Å²) in [7, 11) is 0. The van der Waals surface area contributed by atoms with Crippen LogP contribution in [0.25, 0.3) is 0 Å². The normalized spacial score (nSPS) is 13.1. The summed E-state index contributed by atoms with van der Waals surface area (Å²) >= 11 is 0. The van der Waals surface area contributed by atoms with Gasteiger partial charge in [-0.05, 0) is 128 Å². The van der Waals surface area contributed by atoms with Crippen molar-refractivity contribution < 1.29 is 28.6 Å². The highest BCUT2D eigenvalue weighted by Gasteiger charge is 2.19. The number of rotatable bonds is 52. The standard InChI is InChI=1S/C67H108O6/c1-4-7-10-13-16-19-22-25-28-31-33-36-39-42-45-48-51-54-57-60-66(69)72-63-64(62-71-65(68)59-56-53-50-47-44-41-38-35-30-27-24-21-18-15-12-9-6-3)73-67(70)61-58-55-52-49-46-43-40-37-34-32-29-26-23-20-17-14-11-8-5-2/h7,10,16-21,25-30,33-34,36-37,42,45,51,54,64H,4-6,8-9,11-15,22-24,31-32,35,38-41,43-44,46-50,52-53,55-63H2,1-3H3/b10-7-,19-16-,20-17-,21-18-,28-25-,29-26-,30-27-,36-33-,37-34-,45-42-,54-51-/t64-/m1/s1. The van der Waals surface area contributed by atoms with Gasteiger partial charge in [0.15, 0.2) is 6.10 Å². The molecular formula is C67H108O6. The minimum Gasteiger partial charge on any atom is -0.462 e. The Bertz CT molecular complexity index is 1580. The third kappa shape index (κ3) is 58.3. The van der Waals surface area contributed by atoms with Crippen LogP contribution in [0.2, 0.25) is 0 Å². The number of hydrogen-bond acceptors (Lipinski definition) is 6. The highest BCUT2D eigenvalue weighted by atomic mass is 16.6. The first kappa shape index (κ1) is 68.6. The summed E-state index contributed by atoms with van der Waals surface area (Å²) in [4.78, 5) is 38.2. The smallest absolute Gasteiger partial charge is 0.306 e. The Hall–Kier alpha value is -4.45. The molecule has 73 heavy (non-hydrogen) atoms. The maximum atomic E-state index is 12.9. The average molecular weight is 1010 g/mol. The van der Waals surface area contributed by atoms with E-state index in [0.29, 0.717) is 19.3 Å². The SMILES string of the molecule is CC/C=C\C/C=C\C/C=C\C/C=C\C/C=C\C/C=C\CCC(=O)OC[C@@H](COC(=O)CCCCCCCCC/C=C\C/C=C\CCCCC)OC(=O)CCCCCCCC/C=C\C/C=C\C/C=C\CCCCC. The Labute approximate surface area is 449 Å². The second-order valence-electron chi connectivity index (χ2n) is 19.2. The van der Waals surface area contributed by atoms with Gasteiger partial charge < -0.3 is 14.2 Å². The molecule has 0 aromatic rings. The second-order valence-corrected chi connectivity index (χ2v) is 19.2. The Morgan fingerprint density at radius 3 is 0.918 bits per heavy atom. The maximum Gasteiger partial charge on any atom is 0.306 e. The van der Waals surface area contributed by atoms with Gasteiger partial charge in [0, 0.05) is 19.3 Å². The third-order valence-electron chi connectivity index (χ3n) is 12.1. The molecule has 0 aliphatic rings. The number of ether oxygens (including phenoxy) is 3. The molecule has 0 saturated heterocycles. The molecule has 0 N–H and O–H groups in total. The van der Waals surface area contributed by atoms with Crippen molar-refractivity contribution in [3.8, 4) is 0 Å². The number of hydrogen-bond donors (Lipinski definition) is 0. The van der Waals surface area contributed by atoms with Crippen molar-refractivity contribution >= 4 is 17.9 Å². The van der Waals surface area contributed by atoms with E-state index >= 15 is 0 Å². The van der Waals surface area contributed by atoms with Crippen LogP contribution in [-0.2, 0) is 28.6 Å². The fraction of sp³-hybridized carbons (Fsp3) is 0.627. The average Bonchev–Trinajstić information content (AvgIpc) is 3.39. The number of carbonyl (C=O) groups excluding carboxylic acids is 3. The van der Waals surface area contributed by atoms with Crippen molar-refractivity contribution in [1.82, 2.24) is 0 Å². The van der Waals surface area contributed by atoms with E-state index in [4.69, 9.17) is 14.2 Å². The van der Waals surface area contributed by atoms with Gasteiger partial charge in [-0.25, -0.2) is 0 Å². The molecule has 0 rings (SSSR count). The summed E-state index contributed by atoms with van der Waals surface area (Å²) in [6, 6.07) is 0. The molecule has 0 aromatic heterocycles. The lowest BCUT2D eigenvalue weighted by Gasteiger charge is -2.18. The molecule has 0 bridgehead atoms. The lowest BCUT2D eigenvalue weighted by atomic mass is 10.1. The Kier molecular flexibility index (Phi) is 56.4. The molecule has 0 amide bonds. The molecule has 0 aromatic carbocycles. The van der Waals surface area contributed by atoms with Crippen molar-refractivity contribution in [3.05, 3.63) is 134 Å². The van der Waals surface area contributed by atoms with Crippen molar-refractivity contribution in [2.75, 3.05) is 13.2 Å². The summed E-state index contributed by atoms with van der Waals surface area (Å²) < 4.78 is 16.8. The monoisotopic (exact) mass is 1010 g/mol. The van der Waals surface area contributed by atoms with Crippen LogP contribution in [0.5, 0.6) is 0 Å². The summed E-state index contributed by atoms with van der Waals surface area (Å²) in [5.41, 5.74) is 0. The third-order valence-corrected chi connectivity index (χ3v) is 12.1. The minimum atomic E-state index is -0.825. The first-order valence-electron chi connectivity index (χ1n) is 29.7. The highest BCUT2D eigenvalue weighted by Crippen LogP contribution is 2.14. The number of carbonyl (C=O) groups is 3. The maximum absolute atomic E-state index is 12.9. The molecule has 412 valence electrons. The van der Waals surface area contributed by atoms with Crippen LogP contribution in [0.1, 0.15) is 252 Å². The second kappa shape index (κ2) is 60.1. The van der Waals surface area contributed by atoms with Gasteiger partial charge in [-0.1, -0.05) is 238 Å². The van der Waals surface area contributed by atoms with E-state index in [0.717, 1.165) is 116 Å². The number of esters is 3. The van der Waals surface area contributed by atoms with Crippen LogP contribution >= 0.6 is 0 Å². The summed E-state index contributed by atoms with van der Waals surface area (Å²) in [5, 5.41) is 0. The lowest BCUT2D eigenvalue weighted by molar-refractivity contribution is -0.166. The van der Waals surface area contributed by atoms with Gasteiger partial charge in [0.05, 0.1) is 0 Å². The van der Waals surface area contributed by atoms with Crippen molar-refractivity contribution in [3.63, 3.8) is 0 Å². The molecule has 1 atom stereocenters. The van der Waals surface area contributed by atoms with E-state index in [1.807, 2.05) is 6.08 Å². The zero-order valence-corrected chi connectivity index (χ0v) is 47.1. The first-order valence-corrected chi connectivity index (χ1v) is 29.7. The van der Waals surface area contributed by atoms with Gasteiger partial charge >= 0.3 is 17.9 Å². The quantitative estimate of drug-likeness (QED) is 0.0261. The number of allylic oxidation sites excluding steroid dienone is 22. The molecule has 0 unspecified atom stereocenters. The van der Waals surface area contributed by atoms with E-state index in [2.05, 4.69) is 148 Å². The van der Waals surface area contributed by atoms with Gasteiger partial charge in [0.25, 0.3) is 0 Å². The minimum absolute atomic E-state index is 0.115. The van der Waals surface area contributed by atoms with E-state index in [-0.39, 0.29) is 37.5 Å². The van der Waals surface area contributed by atoms with E-state index in [1.54, 1.807) is 0 Å². The Balaban J connectivity index is 4.56. The van der Waals surface area contributed by atoms with Gasteiger partial charge in [0.1, 0.15) is 13.2 Å². The molecule has 0 spiro atoms. The first-order chi connectivity index (χ1) is 36.0. The molecule has 6 nitrogen and oxygen atoms in total. The molecule has 0 aliphatic carbocycles. The van der Waals surface area contributed by atoms with Gasteiger partial charge in [-0.3, -0.25) is 14.4 Å². The molecule has 0 saturated carbocycles. The Morgan fingerprint density at radius 2 is 0.562 bits per heavy atom. The van der Waals surface area contributed by atoms with Crippen LogP contribution in [0.4, 0.5) is 0 Å². The van der Waals surface area contributed by atoms with Crippen LogP contribution in [0.15, 0.2) is 134 Å². The van der Waals surface area contributed by atoms with E-state index < -0.39 is 6.10 Å². The Morgan fingerprint density at radius 1 is 0.288 bits per heavy atom. The molecule has 0 radical (unpaired) electrons. The van der Waals surface area contributed by atoms with Crippen molar-refractivity contribution in [2.24, 2.45) is 0 Å². The molecule has 0 fully saturated rings. The summed E-state index contributed by atoms with van der Waals surface area (Å²) in [6.07, 6.45) is 84.5. The fourth-order valence-corrected chi connectivity index (χ4v) is 7.68. The number of unbranched alkanes of at least 4 members (excludes halogenated alkanes) is 19.